The molecule has 0 spiro atoms. The van der Waals surface area contributed by atoms with Crippen LogP contribution in [0.4, 0.5) is 5.82 Å². The first-order chi connectivity index (χ1) is 9.24. The van der Waals surface area contributed by atoms with Gasteiger partial charge in [-0.1, -0.05) is 11.6 Å². The summed E-state index contributed by atoms with van der Waals surface area (Å²) in [6.07, 6.45) is 3.11. The molecule has 0 aliphatic rings. The van der Waals surface area contributed by atoms with Crippen molar-refractivity contribution in [1.82, 2.24) is 15.2 Å². The van der Waals surface area contributed by atoms with E-state index in [9.17, 15) is 4.79 Å². The SMILES string of the molecule is O=C(Nc1n[nH]c2cc(Cl)ccc12)c1cccnc1. The van der Waals surface area contributed by atoms with Gasteiger partial charge < -0.3 is 5.32 Å². The summed E-state index contributed by atoms with van der Waals surface area (Å²) in [7, 11) is 0. The van der Waals surface area contributed by atoms with Gasteiger partial charge in [0.2, 0.25) is 0 Å². The van der Waals surface area contributed by atoms with Crippen molar-refractivity contribution in [3.05, 3.63) is 53.3 Å². The van der Waals surface area contributed by atoms with Crippen molar-refractivity contribution in [2.75, 3.05) is 5.32 Å². The van der Waals surface area contributed by atoms with Gasteiger partial charge in [-0.2, -0.15) is 5.10 Å². The van der Waals surface area contributed by atoms with Crippen LogP contribution >= 0.6 is 11.6 Å². The predicted octanol–water partition coefficient (Wildman–Crippen LogP) is 2.86. The van der Waals surface area contributed by atoms with Gasteiger partial charge in [-0.05, 0) is 30.3 Å². The Morgan fingerprint density at radius 1 is 1.32 bits per heavy atom. The molecule has 0 fully saturated rings. The summed E-state index contributed by atoms with van der Waals surface area (Å²) >= 11 is 5.89. The Labute approximate surface area is 113 Å². The van der Waals surface area contributed by atoms with Crippen LogP contribution in [-0.4, -0.2) is 21.1 Å². The topological polar surface area (TPSA) is 70.7 Å². The van der Waals surface area contributed by atoms with Crippen LogP contribution in [0.1, 0.15) is 10.4 Å². The first kappa shape index (κ1) is 11.7. The molecule has 0 radical (unpaired) electrons. The summed E-state index contributed by atoms with van der Waals surface area (Å²) in [4.78, 5) is 15.9. The van der Waals surface area contributed by atoms with Crippen molar-refractivity contribution in [3.63, 3.8) is 0 Å². The molecule has 0 saturated carbocycles. The first-order valence-electron chi connectivity index (χ1n) is 5.59. The van der Waals surface area contributed by atoms with E-state index in [0.29, 0.717) is 16.4 Å². The summed E-state index contributed by atoms with van der Waals surface area (Å²) < 4.78 is 0. The maximum Gasteiger partial charge on any atom is 0.258 e. The average Bonchev–Trinajstić information content (AvgIpc) is 2.82. The monoisotopic (exact) mass is 272 g/mol. The second kappa shape index (κ2) is 4.70. The van der Waals surface area contributed by atoms with Crippen LogP contribution in [0.2, 0.25) is 5.02 Å². The standard InChI is InChI=1S/C13H9ClN4O/c14-9-3-4-10-11(6-9)17-18-12(10)16-13(19)8-2-1-5-15-7-8/h1-7H,(H2,16,17,18,19). The quantitative estimate of drug-likeness (QED) is 0.753. The molecule has 0 aliphatic carbocycles. The number of pyridine rings is 1. The molecule has 0 bridgehead atoms. The summed E-state index contributed by atoms with van der Waals surface area (Å²) in [5, 5.41) is 11.0. The Morgan fingerprint density at radius 3 is 3.00 bits per heavy atom. The number of halogens is 1. The third-order valence-corrected chi connectivity index (χ3v) is 2.92. The number of hydrogen-bond donors (Lipinski definition) is 2. The Kier molecular flexibility index (Phi) is 2.89. The minimum Gasteiger partial charge on any atom is -0.305 e. The van der Waals surface area contributed by atoms with E-state index in [1.165, 1.54) is 6.20 Å². The number of H-pyrrole nitrogens is 1. The lowest BCUT2D eigenvalue weighted by molar-refractivity contribution is 0.102. The minimum absolute atomic E-state index is 0.253. The molecule has 94 valence electrons. The summed E-state index contributed by atoms with van der Waals surface area (Å²) in [6, 6.07) is 8.70. The van der Waals surface area contributed by atoms with Crippen molar-refractivity contribution in [2.24, 2.45) is 0 Å². The van der Waals surface area contributed by atoms with Crippen molar-refractivity contribution < 1.29 is 4.79 Å². The van der Waals surface area contributed by atoms with E-state index in [1.807, 2.05) is 0 Å². The van der Waals surface area contributed by atoms with Crippen molar-refractivity contribution >= 4 is 34.2 Å². The van der Waals surface area contributed by atoms with Gasteiger partial charge in [0.25, 0.3) is 5.91 Å². The molecule has 0 saturated heterocycles. The fraction of sp³-hybridized carbons (Fsp3) is 0. The lowest BCUT2D eigenvalue weighted by atomic mass is 10.2. The second-order valence-electron chi connectivity index (χ2n) is 3.96. The van der Waals surface area contributed by atoms with E-state index in [0.717, 1.165) is 10.9 Å². The number of aromatic amines is 1. The van der Waals surface area contributed by atoms with Gasteiger partial charge in [0.05, 0.1) is 11.1 Å². The molecular formula is C13H9ClN4O. The number of carbonyl (C=O) groups is 1. The van der Waals surface area contributed by atoms with Crippen LogP contribution in [0.25, 0.3) is 10.9 Å². The zero-order valence-corrected chi connectivity index (χ0v) is 10.5. The largest absolute Gasteiger partial charge is 0.305 e. The number of nitrogens with zero attached hydrogens (tertiary/aromatic N) is 2. The van der Waals surface area contributed by atoms with E-state index in [1.54, 1.807) is 36.5 Å². The number of fused-ring (bicyclic) bond motifs is 1. The maximum absolute atomic E-state index is 12.0. The molecule has 3 aromatic rings. The van der Waals surface area contributed by atoms with Gasteiger partial charge in [0, 0.05) is 22.8 Å². The lowest BCUT2D eigenvalue weighted by Crippen LogP contribution is -2.12. The van der Waals surface area contributed by atoms with E-state index < -0.39 is 0 Å². The Hall–Kier alpha value is -2.40. The third-order valence-electron chi connectivity index (χ3n) is 2.68. The summed E-state index contributed by atoms with van der Waals surface area (Å²) in [6.45, 7) is 0. The van der Waals surface area contributed by atoms with E-state index in [-0.39, 0.29) is 5.91 Å². The Balaban J connectivity index is 1.92. The van der Waals surface area contributed by atoms with Crippen LogP contribution in [0.5, 0.6) is 0 Å². The van der Waals surface area contributed by atoms with Crippen LogP contribution in [0, 0.1) is 0 Å². The number of carbonyl (C=O) groups excluding carboxylic acids is 1. The molecule has 0 unspecified atom stereocenters. The molecule has 2 N–H and O–H groups in total. The molecule has 2 heterocycles. The Bertz CT molecular complexity index is 739. The number of nitrogens with one attached hydrogen (secondary N) is 2. The third kappa shape index (κ3) is 2.28. The number of benzene rings is 1. The minimum atomic E-state index is -0.253. The van der Waals surface area contributed by atoms with E-state index in [4.69, 9.17) is 11.6 Å². The van der Waals surface area contributed by atoms with Crippen LogP contribution < -0.4 is 5.32 Å². The second-order valence-corrected chi connectivity index (χ2v) is 4.39. The molecule has 0 atom stereocenters. The molecule has 2 aromatic heterocycles. The number of amides is 1. The number of rotatable bonds is 2. The predicted molar refractivity (Wildman–Crippen MR) is 73.3 cm³/mol. The van der Waals surface area contributed by atoms with E-state index >= 15 is 0 Å². The first-order valence-corrected chi connectivity index (χ1v) is 5.97. The van der Waals surface area contributed by atoms with Crippen LogP contribution in [0.15, 0.2) is 42.7 Å². The molecule has 19 heavy (non-hydrogen) atoms. The highest BCUT2D eigenvalue weighted by atomic mass is 35.5. The number of anilines is 1. The van der Waals surface area contributed by atoms with Crippen LogP contribution in [0.3, 0.4) is 0 Å². The number of hydrogen-bond acceptors (Lipinski definition) is 3. The van der Waals surface area contributed by atoms with Gasteiger partial charge in [-0.15, -0.1) is 0 Å². The maximum atomic E-state index is 12.0. The van der Waals surface area contributed by atoms with Crippen molar-refractivity contribution in [3.8, 4) is 0 Å². The highest BCUT2D eigenvalue weighted by molar-refractivity contribution is 6.31. The van der Waals surface area contributed by atoms with Crippen molar-refractivity contribution in [1.29, 1.82) is 0 Å². The van der Waals surface area contributed by atoms with Crippen LogP contribution in [-0.2, 0) is 0 Å². The Morgan fingerprint density at radius 2 is 2.21 bits per heavy atom. The molecule has 1 aromatic carbocycles. The average molecular weight is 273 g/mol. The smallest absolute Gasteiger partial charge is 0.258 e. The fourth-order valence-corrected chi connectivity index (χ4v) is 1.94. The van der Waals surface area contributed by atoms with Gasteiger partial charge >= 0.3 is 0 Å². The summed E-state index contributed by atoms with van der Waals surface area (Å²) in [5.41, 5.74) is 1.25. The van der Waals surface area contributed by atoms with Crippen molar-refractivity contribution in [2.45, 2.75) is 0 Å². The normalized spacial score (nSPS) is 10.6. The van der Waals surface area contributed by atoms with Gasteiger partial charge in [-0.3, -0.25) is 14.9 Å². The molecule has 3 rings (SSSR count). The fourth-order valence-electron chi connectivity index (χ4n) is 1.76. The molecule has 6 heteroatoms. The van der Waals surface area contributed by atoms with Gasteiger partial charge in [0.1, 0.15) is 0 Å². The molecular weight excluding hydrogens is 264 g/mol. The lowest BCUT2D eigenvalue weighted by Gasteiger charge is -2.01. The highest BCUT2D eigenvalue weighted by Crippen LogP contribution is 2.23. The van der Waals surface area contributed by atoms with Gasteiger partial charge in [0.15, 0.2) is 5.82 Å². The number of aromatic nitrogens is 3. The molecule has 5 nitrogen and oxygen atoms in total. The molecule has 0 aliphatic heterocycles. The molecule has 1 amide bonds. The van der Waals surface area contributed by atoms with E-state index in [2.05, 4.69) is 20.5 Å². The summed E-state index contributed by atoms with van der Waals surface area (Å²) in [5.74, 6) is 0.219. The highest BCUT2D eigenvalue weighted by Gasteiger charge is 2.11. The zero-order valence-electron chi connectivity index (χ0n) is 9.72. The van der Waals surface area contributed by atoms with Gasteiger partial charge in [-0.25, -0.2) is 0 Å². The zero-order chi connectivity index (χ0) is 13.2.